The summed E-state index contributed by atoms with van der Waals surface area (Å²) in [7, 11) is 0. The minimum atomic E-state index is 0.445. The Labute approximate surface area is 114 Å². The van der Waals surface area contributed by atoms with Gasteiger partial charge in [0.05, 0.1) is 0 Å². The third kappa shape index (κ3) is 3.58. The van der Waals surface area contributed by atoms with Crippen LogP contribution in [0.4, 0.5) is 5.82 Å². The van der Waals surface area contributed by atoms with E-state index in [0.29, 0.717) is 16.6 Å². The van der Waals surface area contributed by atoms with Crippen LogP contribution in [0.15, 0.2) is 6.07 Å². The Kier molecular flexibility index (Phi) is 4.10. The van der Waals surface area contributed by atoms with E-state index in [4.69, 9.17) is 11.6 Å². The van der Waals surface area contributed by atoms with Gasteiger partial charge >= 0.3 is 0 Å². The molecule has 0 aromatic carbocycles. The quantitative estimate of drug-likeness (QED) is 0.836. The van der Waals surface area contributed by atoms with Gasteiger partial charge < -0.3 is 5.32 Å². The summed E-state index contributed by atoms with van der Waals surface area (Å²) in [6.45, 7) is 6.77. The highest BCUT2D eigenvalue weighted by molar-refractivity contribution is 6.29. The Hall–Kier alpha value is -0.830. The topological polar surface area (TPSA) is 37.8 Å². The van der Waals surface area contributed by atoms with E-state index in [1.807, 2.05) is 6.07 Å². The molecule has 1 atom stereocenters. The lowest BCUT2D eigenvalue weighted by Gasteiger charge is -2.18. The number of rotatable bonds is 4. The van der Waals surface area contributed by atoms with Crippen molar-refractivity contribution in [3.63, 3.8) is 0 Å². The fourth-order valence-corrected chi connectivity index (χ4v) is 2.84. The van der Waals surface area contributed by atoms with E-state index in [0.717, 1.165) is 24.5 Å². The van der Waals surface area contributed by atoms with E-state index < -0.39 is 0 Å². The van der Waals surface area contributed by atoms with Crippen LogP contribution in [0.5, 0.6) is 0 Å². The molecule has 0 saturated heterocycles. The maximum Gasteiger partial charge on any atom is 0.134 e. The van der Waals surface area contributed by atoms with Crippen molar-refractivity contribution >= 4 is 17.4 Å². The van der Waals surface area contributed by atoms with Gasteiger partial charge in [0, 0.05) is 18.5 Å². The highest BCUT2D eigenvalue weighted by atomic mass is 35.5. The lowest BCUT2D eigenvalue weighted by Crippen LogP contribution is -2.18. The number of nitrogens with one attached hydrogen (secondary N) is 1. The van der Waals surface area contributed by atoms with Gasteiger partial charge in [-0.05, 0) is 31.1 Å². The largest absolute Gasteiger partial charge is 0.367 e. The molecule has 3 nitrogen and oxygen atoms in total. The van der Waals surface area contributed by atoms with Gasteiger partial charge in [-0.15, -0.1) is 0 Å². The predicted molar refractivity (Wildman–Crippen MR) is 76.1 cm³/mol. The molecule has 1 aliphatic carbocycles. The van der Waals surface area contributed by atoms with Crippen molar-refractivity contribution in [1.29, 1.82) is 0 Å². The first kappa shape index (κ1) is 13.6. The Balaban J connectivity index is 2.05. The Morgan fingerprint density at radius 1 is 1.44 bits per heavy atom. The first-order valence-corrected chi connectivity index (χ1v) is 7.16. The fourth-order valence-electron chi connectivity index (χ4n) is 2.64. The maximum atomic E-state index is 6.04. The summed E-state index contributed by atoms with van der Waals surface area (Å²) in [5, 5.41) is 4.04. The summed E-state index contributed by atoms with van der Waals surface area (Å²) in [5.41, 5.74) is 0.445. The highest BCUT2D eigenvalue weighted by Crippen LogP contribution is 2.38. The zero-order valence-corrected chi connectivity index (χ0v) is 12.2. The maximum absolute atomic E-state index is 6.04. The average molecular weight is 268 g/mol. The molecule has 1 N–H and O–H groups in total. The molecule has 0 aliphatic heterocycles. The van der Waals surface area contributed by atoms with Crippen molar-refractivity contribution in [1.82, 2.24) is 9.97 Å². The fraction of sp³-hybridized carbons (Fsp3) is 0.714. The molecule has 100 valence electrons. The van der Waals surface area contributed by atoms with Crippen molar-refractivity contribution in [3.8, 4) is 0 Å². The SMILES string of the molecule is CCCc1nc(Cl)cc(NC2CCC(C)(C)C2)n1. The molecule has 1 aliphatic rings. The smallest absolute Gasteiger partial charge is 0.134 e. The first-order valence-electron chi connectivity index (χ1n) is 6.78. The molecule has 4 heteroatoms. The van der Waals surface area contributed by atoms with Crippen molar-refractivity contribution in [2.75, 3.05) is 5.32 Å². The van der Waals surface area contributed by atoms with E-state index >= 15 is 0 Å². The Morgan fingerprint density at radius 2 is 2.22 bits per heavy atom. The lowest BCUT2D eigenvalue weighted by molar-refractivity contribution is 0.378. The number of nitrogens with zero attached hydrogens (tertiary/aromatic N) is 2. The predicted octanol–water partition coefficient (Wildman–Crippen LogP) is 4.07. The number of hydrogen-bond donors (Lipinski definition) is 1. The van der Waals surface area contributed by atoms with E-state index in [1.165, 1.54) is 19.3 Å². The van der Waals surface area contributed by atoms with Crippen molar-refractivity contribution in [3.05, 3.63) is 17.0 Å². The summed E-state index contributed by atoms with van der Waals surface area (Å²) in [4.78, 5) is 8.77. The zero-order valence-electron chi connectivity index (χ0n) is 11.5. The van der Waals surface area contributed by atoms with Gasteiger partial charge in [0.25, 0.3) is 0 Å². The Bertz CT molecular complexity index is 418. The number of aryl methyl sites for hydroxylation is 1. The van der Waals surface area contributed by atoms with Gasteiger partial charge in [0.2, 0.25) is 0 Å². The van der Waals surface area contributed by atoms with Crippen LogP contribution >= 0.6 is 11.6 Å². The van der Waals surface area contributed by atoms with Crippen molar-refractivity contribution in [2.24, 2.45) is 5.41 Å². The molecule has 1 saturated carbocycles. The van der Waals surface area contributed by atoms with Gasteiger partial charge in [-0.3, -0.25) is 0 Å². The third-order valence-electron chi connectivity index (χ3n) is 3.54. The molecule has 2 rings (SSSR count). The summed E-state index contributed by atoms with van der Waals surface area (Å²) in [5.74, 6) is 1.71. The van der Waals surface area contributed by atoms with Crippen LogP contribution in [0.3, 0.4) is 0 Å². The van der Waals surface area contributed by atoms with Crippen LogP contribution in [0.25, 0.3) is 0 Å². The molecular weight excluding hydrogens is 246 g/mol. The van der Waals surface area contributed by atoms with E-state index in [9.17, 15) is 0 Å². The minimum absolute atomic E-state index is 0.445. The molecule has 0 bridgehead atoms. The monoisotopic (exact) mass is 267 g/mol. The van der Waals surface area contributed by atoms with Crippen LogP contribution in [0.2, 0.25) is 5.15 Å². The van der Waals surface area contributed by atoms with Crippen LogP contribution in [0.1, 0.15) is 52.3 Å². The summed E-state index contributed by atoms with van der Waals surface area (Å²) in [6, 6.07) is 2.34. The molecular formula is C14H22ClN3. The number of halogens is 1. The van der Waals surface area contributed by atoms with Crippen molar-refractivity contribution < 1.29 is 0 Å². The lowest BCUT2D eigenvalue weighted by atomic mass is 9.92. The molecule has 1 aromatic rings. The van der Waals surface area contributed by atoms with Gasteiger partial charge in [-0.2, -0.15) is 0 Å². The van der Waals surface area contributed by atoms with Gasteiger partial charge in [-0.1, -0.05) is 32.4 Å². The second kappa shape index (κ2) is 5.43. The van der Waals surface area contributed by atoms with Crippen molar-refractivity contribution in [2.45, 2.75) is 58.9 Å². The molecule has 0 radical (unpaired) electrons. The van der Waals surface area contributed by atoms with E-state index in [1.54, 1.807) is 0 Å². The molecule has 1 fully saturated rings. The number of anilines is 1. The second-order valence-corrected chi connectivity index (χ2v) is 6.38. The van der Waals surface area contributed by atoms with Crippen LogP contribution in [-0.2, 0) is 6.42 Å². The molecule has 1 aromatic heterocycles. The van der Waals surface area contributed by atoms with Gasteiger partial charge in [0.1, 0.15) is 16.8 Å². The summed E-state index contributed by atoms with van der Waals surface area (Å²) < 4.78 is 0. The molecule has 0 spiro atoms. The van der Waals surface area contributed by atoms with Crippen LogP contribution in [-0.4, -0.2) is 16.0 Å². The zero-order chi connectivity index (χ0) is 13.2. The highest BCUT2D eigenvalue weighted by Gasteiger charge is 2.30. The van der Waals surface area contributed by atoms with Gasteiger partial charge in [0.15, 0.2) is 0 Å². The Morgan fingerprint density at radius 3 is 2.83 bits per heavy atom. The summed E-state index contributed by atoms with van der Waals surface area (Å²) in [6.07, 6.45) is 5.59. The number of aromatic nitrogens is 2. The van der Waals surface area contributed by atoms with E-state index in [2.05, 4.69) is 36.1 Å². The van der Waals surface area contributed by atoms with Gasteiger partial charge in [-0.25, -0.2) is 9.97 Å². The molecule has 0 amide bonds. The third-order valence-corrected chi connectivity index (χ3v) is 3.73. The normalized spacial score (nSPS) is 22.1. The first-order chi connectivity index (χ1) is 8.48. The average Bonchev–Trinajstić information content (AvgIpc) is 2.57. The van der Waals surface area contributed by atoms with Crippen LogP contribution < -0.4 is 5.32 Å². The molecule has 1 unspecified atom stereocenters. The molecule has 18 heavy (non-hydrogen) atoms. The van der Waals surface area contributed by atoms with E-state index in [-0.39, 0.29) is 0 Å². The molecule has 1 heterocycles. The minimum Gasteiger partial charge on any atom is -0.367 e. The number of hydrogen-bond acceptors (Lipinski definition) is 3. The summed E-state index contributed by atoms with van der Waals surface area (Å²) >= 11 is 6.04. The standard InChI is InChI=1S/C14H22ClN3/c1-4-5-12-17-11(15)8-13(18-12)16-10-6-7-14(2,3)9-10/h8,10H,4-7,9H2,1-3H3,(H,16,17,18). The second-order valence-electron chi connectivity index (χ2n) is 5.99. The van der Waals surface area contributed by atoms with Crippen LogP contribution in [0, 0.1) is 5.41 Å².